The van der Waals surface area contributed by atoms with Crippen LogP contribution in [0.2, 0.25) is 0 Å². The average molecular weight is 264 g/mol. The van der Waals surface area contributed by atoms with Gasteiger partial charge in [0, 0.05) is 18.7 Å². The largest absolute Gasteiger partial charge is 0.480 e. The zero-order valence-corrected chi connectivity index (χ0v) is 10.5. The first kappa shape index (κ1) is 13.4. The molecule has 1 aromatic rings. The fraction of sp³-hybridized carbons (Fsp3) is 0.385. The number of hydrogen-bond acceptors (Lipinski definition) is 4. The van der Waals surface area contributed by atoms with Crippen LogP contribution in [0.3, 0.4) is 0 Å². The number of aliphatic hydroxyl groups is 1. The Labute approximate surface area is 110 Å². The van der Waals surface area contributed by atoms with Crippen molar-refractivity contribution in [3.63, 3.8) is 0 Å². The van der Waals surface area contributed by atoms with Gasteiger partial charge in [-0.3, -0.25) is 4.79 Å². The van der Waals surface area contributed by atoms with E-state index in [0.29, 0.717) is 5.69 Å². The highest BCUT2D eigenvalue weighted by atomic mass is 16.4. The third kappa shape index (κ3) is 2.53. The monoisotopic (exact) mass is 264 g/mol. The molecule has 1 heterocycles. The molecule has 0 spiro atoms. The number of carboxylic acid groups (broad SMARTS) is 1. The van der Waals surface area contributed by atoms with Crippen LogP contribution in [0.4, 0.5) is 5.69 Å². The Bertz CT molecular complexity index is 529. The van der Waals surface area contributed by atoms with Crippen molar-refractivity contribution < 1.29 is 19.8 Å². The lowest BCUT2D eigenvalue weighted by Gasteiger charge is -2.22. The van der Waals surface area contributed by atoms with Gasteiger partial charge in [-0.1, -0.05) is 11.6 Å². The molecule has 0 aromatic heterocycles. The van der Waals surface area contributed by atoms with E-state index in [1.54, 1.807) is 18.2 Å². The second kappa shape index (κ2) is 4.89. The molecular weight excluding hydrogens is 248 g/mol. The number of carbonyl (C=O) groups is 2. The lowest BCUT2D eigenvalue weighted by Crippen LogP contribution is -2.40. The molecule has 4 N–H and O–H groups in total. The van der Waals surface area contributed by atoms with Gasteiger partial charge in [-0.25, -0.2) is 4.79 Å². The molecule has 0 radical (unpaired) electrons. The number of rotatable bonds is 2. The van der Waals surface area contributed by atoms with Crippen LogP contribution in [0.15, 0.2) is 18.2 Å². The van der Waals surface area contributed by atoms with Crippen molar-refractivity contribution in [2.45, 2.75) is 25.5 Å². The number of carbonyl (C=O) groups excluding carboxylic acids is 1. The number of aliphatic hydroxyl groups excluding tert-OH is 1. The van der Waals surface area contributed by atoms with Crippen LogP contribution in [0, 0.1) is 6.92 Å². The molecule has 2 atom stereocenters. The predicted octanol–water partition coefficient (Wildman–Crippen LogP) is 0.237. The van der Waals surface area contributed by atoms with Crippen molar-refractivity contribution in [3.8, 4) is 0 Å². The fourth-order valence-corrected chi connectivity index (χ4v) is 2.28. The highest BCUT2D eigenvalue weighted by molar-refractivity contribution is 6.01. The van der Waals surface area contributed by atoms with Crippen LogP contribution in [0.5, 0.6) is 0 Å². The Morgan fingerprint density at radius 3 is 2.74 bits per heavy atom. The summed E-state index contributed by atoms with van der Waals surface area (Å²) in [7, 11) is 0. The lowest BCUT2D eigenvalue weighted by atomic mass is 10.1. The third-order valence-corrected chi connectivity index (χ3v) is 3.26. The smallest absolute Gasteiger partial charge is 0.326 e. The molecule has 1 fully saturated rings. The van der Waals surface area contributed by atoms with E-state index >= 15 is 0 Å². The van der Waals surface area contributed by atoms with Gasteiger partial charge in [0.1, 0.15) is 6.04 Å². The number of amides is 1. The Balaban J connectivity index is 2.33. The second-order valence-electron chi connectivity index (χ2n) is 4.79. The Morgan fingerprint density at radius 2 is 2.11 bits per heavy atom. The van der Waals surface area contributed by atoms with Crippen molar-refractivity contribution in [2.24, 2.45) is 0 Å². The molecule has 0 bridgehead atoms. The molecule has 0 aliphatic carbocycles. The Hall–Kier alpha value is -2.08. The van der Waals surface area contributed by atoms with Crippen LogP contribution >= 0.6 is 0 Å². The first-order valence-electron chi connectivity index (χ1n) is 5.98. The van der Waals surface area contributed by atoms with E-state index in [2.05, 4.69) is 0 Å². The first-order valence-corrected chi connectivity index (χ1v) is 5.98. The maximum Gasteiger partial charge on any atom is 0.326 e. The molecule has 2 rings (SSSR count). The van der Waals surface area contributed by atoms with Crippen molar-refractivity contribution in [1.29, 1.82) is 0 Å². The number of benzene rings is 1. The lowest BCUT2D eigenvalue weighted by molar-refractivity contribution is -0.141. The van der Waals surface area contributed by atoms with Gasteiger partial charge in [0.2, 0.25) is 0 Å². The van der Waals surface area contributed by atoms with Crippen LogP contribution in [0.1, 0.15) is 22.3 Å². The summed E-state index contributed by atoms with van der Waals surface area (Å²) in [4.78, 5) is 24.6. The summed E-state index contributed by atoms with van der Waals surface area (Å²) in [5, 5.41) is 18.6. The first-order chi connectivity index (χ1) is 8.90. The molecular formula is C13H16N2O4. The Kier molecular flexibility index (Phi) is 3.44. The fourth-order valence-electron chi connectivity index (χ4n) is 2.28. The maximum absolute atomic E-state index is 12.4. The van der Waals surface area contributed by atoms with Crippen LogP contribution in [-0.4, -0.2) is 45.7 Å². The number of nitrogen functional groups attached to an aromatic ring is 1. The molecule has 1 saturated heterocycles. The van der Waals surface area contributed by atoms with Crippen LogP contribution < -0.4 is 5.73 Å². The molecule has 1 amide bonds. The summed E-state index contributed by atoms with van der Waals surface area (Å²) < 4.78 is 0. The number of nitrogens with two attached hydrogens (primary N) is 1. The highest BCUT2D eigenvalue weighted by Crippen LogP contribution is 2.23. The van der Waals surface area contributed by atoms with E-state index < -0.39 is 24.0 Å². The zero-order valence-electron chi connectivity index (χ0n) is 10.5. The highest BCUT2D eigenvalue weighted by Gasteiger charge is 2.39. The van der Waals surface area contributed by atoms with Crippen molar-refractivity contribution in [3.05, 3.63) is 29.3 Å². The number of likely N-dealkylation sites (tertiary alicyclic amines) is 1. The second-order valence-corrected chi connectivity index (χ2v) is 4.79. The molecule has 1 aromatic carbocycles. The maximum atomic E-state index is 12.4. The number of aryl methyl sites for hydroxylation is 1. The van der Waals surface area contributed by atoms with Crippen LogP contribution in [0.25, 0.3) is 0 Å². The summed E-state index contributed by atoms with van der Waals surface area (Å²) in [5.74, 6) is -1.57. The number of nitrogens with zero attached hydrogens (tertiary/aromatic N) is 1. The van der Waals surface area contributed by atoms with Gasteiger partial charge in [0.05, 0.1) is 11.7 Å². The van der Waals surface area contributed by atoms with Crippen LogP contribution in [-0.2, 0) is 4.79 Å². The van der Waals surface area contributed by atoms with E-state index in [9.17, 15) is 14.7 Å². The zero-order chi connectivity index (χ0) is 14.2. The molecule has 1 aliphatic rings. The summed E-state index contributed by atoms with van der Waals surface area (Å²) in [6, 6.07) is 4.02. The number of aliphatic carboxylic acids is 1. The standard InChI is InChI=1S/C13H16N2O4/c1-7-2-3-10(14)9(4-7)12(17)15-6-8(16)5-11(15)13(18)19/h2-4,8,11,16H,5-6,14H2,1H3,(H,18,19)/t8-,11-/m0/s1. The van der Waals surface area contributed by atoms with Gasteiger partial charge in [0.15, 0.2) is 0 Å². The number of hydrogen-bond donors (Lipinski definition) is 3. The van der Waals surface area contributed by atoms with Gasteiger partial charge < -0.3 is 20.8 Å². The topological polar surface area (TPSA) is 104 Å². The van der Waals surface area contributed by atoms with Crippen molar-refractivity contribution in [1.82, 2.24) is 4.90 Å². The van der Waals surface area contributed by atoms with E-state index in [1.165, 1.54) is 0 Å². The van der Waals surface area contributed by atoms with E-state index in [1.807, 2.05) is 6.92 Å². The quantitative estimate of drug-likeness (QED) is 0.664. The SMILES string of the molecule is Cc1ccc(N)c(C(=O)N2C[C@@H](O)C[C@H]2C(=O)O)c1. The van der Waals surface area contributed by atoms with Crippen molar-refractivity contribution in [2.75, 3.05) is 12.3 Å². The predicted molar refractivity (Wildman–Crippen MR) is 68.7 cm³/mol. The molecule has 19 heavy (non-hydrogen) atoms. The molecule has 1 aliphatic heterocycles. The van der Waals surface area contributed by atoms with E-state index in [-0.39, 0.29) is 18.5 Å². The molecule has 0 unspecified atom stereocenters. The molecule has 6 heteroatoms. The van der Waals surface area contributed by atoms with E-state index in [0.717, 1.165) is 10.5 Å². The van der Waals surface area contributed by atoms with Gasteiger partial charge in [-0.15, -0.1) is 0 Å². The minimum absolute atomic E-state index is 0.0170. The number of β-amino-alcohol motifs (C(OH)–C–C–N with tert-alkyl or cyclic N) is 1. The summed E-state index contributed by atoms with van der Waals surface area (Å²) in [6.07, 6.45) is -0.761. The Morgan fingerprint density at radius 1 is 1.42 bits per heavy atom. The van der Waals surface area contributed by atoms with Gasteiger partial charge in [0.25, 0.3) is 5.91 Å². The molecule has 102 valence electrons. The summed E-state index contributed by atoms with van der Waals surface area (Å²) >= 11 is 0. The summed E-state index contributed by atoms with van der Waals surface area (Å²) in [5.41, 5.74) is 7.21. The molecule has 0 saturated carbocycles. The third-order valence-electron chi connectivity index (χ3n) is 3.26. The minimum Gasteiger partial charge on any atom is -0.480 e. The van der Waals surface area contributed by atoms with E-state index in [4.69, 9.17) is 10.8 Å². The summed E-state index contributed by atoms with van der Waals surface area (Å²) in [6.45, 7) is 1.84. The number of anilines is 1. The van der Waals surface area contributed by atoms with Gasteiger partial charge >= 0.3 is 5.97 Å². The average Bonchev–Trinajstić information content (AvgIpc) is 2.74. The normalized spacial score (nSPS) is 22.5. The molecule has 6 nitrogen and oxygen atoms in total. The minimum atomic E-state index is -1.11. The van der Waals surface area contributed by atoms with Crippen molar-refractivity contribution >= 4 is 17.6 Å². The van der Waals surface area contributed by atoms with Gasteiger partial charge in [-0.2, -0.15) is 0 Å². The van der Waals surface area contributed by atoms with Gasteiger partial charge in [-0.05, 0) is 19.1 Å². The number of carboxylic acids is 1.